The van der Waals surface area contributed by atoms with Crippen LogP contribution in [0.3, 0.4) is 0 Å². The molecule has 3 rings (SSSR count). The number of rotatable bonds is 3. The second-order valence-electron chi connectivity index (χ2n) is 6.07. The third-order valence-electron chi connectivity index (χ3n) is 4.42. The molecule has 2 aromatic rings. The summed E-state index contributed by atoms with van der Waals surface area (Å²) in [5.74, 6) is 0.194. The lowest BCUT2D eigenvalue weighted by Crippen LogP contribution is -2.49. The summed E-state index contributed by atoms with van der Waals surface area (Å²) < 4.78 is 0. The van der Waals surface area contributed by atoms with E-state index in [1.807, 2.05) is 29.2 Å². The van der Waals surface area contributed by atoms with Gasteiger partial charge < -0.3 is 15.5 Å². The minimum atomic E-state index is 0. The van der Waals surface area contributed by atoms with Crippen LogP contribution >= 0.6 is 24.8 Å². The Kier molecular flexibility index (Phi) is 8.07. The number of nitrogen functional groups attached to an aromatic ring is 1. The predicted molar refractivity (Wildman–Crippen MR) is 109 cm³/mol. The van der Waals surface area contributed by atoms with E-state index in [4.69, 9.17) is 5.73 Å². The highest BCUT2D eigenvalue weighted by molar-refractivity contribution is 5.85. The van der Waals surface area contributed by atoms with E-state index >= 15 is 0 Å². The Labute approximate surface area is 161 Å². The summed E-state index contributed by atoms with van der Waals surface area (Å²) in [6, 6.07) is 16.0. The van der Waals surface area contributed by atoms with Gasteiger partial charge in [0, 0.05) is 37.6 Å². The fourth-order valence-corrected chi connectivity index (χ4v) is 3.04. The maximum Gasteiger partial charge on any atom is 0.227 e. The predicted octanol–water partition coefficient (Wildman–Crippen LogP) is 3.31. The Morgan fingerprint density at radius 3 is 2.16 bits per heavy atom. The molecule has 0 atom stereocenters. The van der Waals surface area contributed by atoms with Crippen molar-refractivity contribution >= 4 is 42.1 Å². The number of aryl methyl sites for hydroxylation is 1. The summed E-state index contributed by atoms with van der Waals surface area (Å²) in [7, 11) is 0. The topological polar surface area (TPSA) is 49.6 Å². The number of para-hydroxylation sites is 1. The molecule has 6 heteroatoms. The summed E-state index contributed by atoms with van der Waals surface area (Å²) >= 11 is 0. The highest BCUT2D eigenvalue weighted by Gasteiger charge is 2.21. The standard InChI is InChI=1S/C19H23N3O.2ClH/c1-15-4-2-3-5-18(15)21-10-12-22(13-11-21)19(23)14-16-6-8-17(20)9-7-16;;/h2-9H,10-14,20H2,1H3;2*1H. The van der Waals surface area contributed by atoms with Gasteiger partial charge >= 0.3 is 0 Å². The first-order valence-corrected chi connectivity index (χ1v) is 8.06. The molecule has 0 spiro atoms. The third-order valence-corrected chi connectivity index (χ3v) is 4.42. The van der Waals surface area contributed by atoms with Gasteiger partial charge in [0.25, 0.3) is 0 Å². The van der Waals surface area contributed by atoms with Gasteiger partial charge in [-0.1, -0.05) is 30.3 Å². The first kappa shape index (κ1) is 21.1. The van der Waals surface area contributed by atoms with E-state index < -0.39 is 0 Å². The first-order valence-electron chi connectivity index (χ1n) is 8.06. The lowest BCUT2D eigenvalue weighted by atomic mass is 10.1. The van der Waals surface area contributed by atoms with Crippen molar-refractivity contribution in [2.45, 2.75) is 13.3 Å². The van der Waals surface area contributed by atoms with E-state index in [1.54, 1.807) is 0 Å². The van der Waals surface area contributed by atoms with E-state index in [9.17, 15) is 4.79 Å². The first-order chi connectivity index (χ1) is 11.1. The number of amides is 1. The average molecular weight is 382 g/mol. The summed E-state index contributed by atoms with van der Waals surface area (Å²) in [5, 5.41) is 0. The number of nitrogens with two attached hydrogens (primary N) is 1. The van der Waals surface area contributed by atoms with Crippen LogP contribution in [-0.4, -0.2) is 37.0 Å². The minimum absolute atomic E-state index is 0. The van der Waals surface area contributed by atoms with Gasteiger partial charge in [0.05, 0.1) is 6.42 Å². The van der Waals surface area contributed by atoms with E-state index in [0.717, 1.165) is 37.4 Å². The third kappa shape index (κ3) is 5.28. The van der Waals surface area contributed by atoms with E-state index in [1.165, 1.54) is 11.3 Å². The number of benzene rings is 2. The van der Waals surface area contributed by atoms with Gasteiger partial charge in [-0.25, -0.2) is 0 Å². The molecule has 0 unspecified atom stereocenters. The molecule has 25 heavy (non-hydrogen) atoms. The van der Waals surface area contributed by atoms with Crippen molar-refractivity contribution in [3.8, 4) is 0 Å². The number of hydrogen-bond acceptors (Lipinski definition) is 3. The Morgan fingerprint density at radius 1 is 0.960 bits per heavy atom. The van der Waals surface area contributed by atoms with Crippen molar-refractivity contribution in [2.75, 3.05) is 36.8 Å². The van der Waals surface area contributed by atoms with Crippen molar-refractivity contribution < 1.29 is 4.79 Å². The van der Waals surface area contributed by atoms with Crippen LogP contribution in [0.4, 0.5) is 11.4 Å². The van der Waals surface area contributed by atoms with Crippen molar-refractivity contribution in [2.24, 2.45) is 0 Å². The smallest absolute Gasteiger partial charge is 0.227 e. The van der Waals surface area contributed by atoms with E-state index in [2.05, 4.69) is 36.1 Å². The SMILES string of the molecule is Cc1ccccc1N1CCN(C(=O)Cc2ccc(N)cc2)CC1.Cl.Cl. The number of hydrogen-bond donors (Lipinski definition) is 1. The Morgan fingerprint density at radius 2 is 1.56 bits per heavy atom. The fraction of sp³-hybridized carbons (Fsp3) is 0.316. The minimum Gasteiger partial charge on any atom is -0.399 e. The summed E-state index contributed by atoms with van der Waals surface area (Å²) in [6.07, 6.45) is 0.449. The number of carbonyl (C=O) groups excluding carboxylic acids is 1. The second kappa shape index (κ2) is 9.54. The van der Waals surface area contributed by atoms with E-state index in [-0.39, 0.29) is 30.7 Å². The number of halogens is 2. The Balaban J connectivity index is 0.00000156. The molecule has 1 amide bonds. The Bertz CT molecular complexity index is 683. The van der Waals surface area contributed by atoms with Crippen LogP contribution < -0.4 is 10.6 Å². The molecule has 1 fully saturated rings. The fourth-order valence-electron chi connectivity index (χ4n) is 3.04. The van der Waals surface area contributed by atoms with Crippen molar-refractivity contribution in [1.82, 2.24) is 4.90 Å². The van der Waals surface area contributed by atoms with Crippen molar-refractivity contribution in [3.63, 3.8) is 0 Å². The zero-order chi connectivity index (χ0) is 16.2. The van der Waals surface area contributed by atoms with Gasteiger partial charge in [-0.3, -0.25) is 4.79 Å². The number of piperazine rings is 1. The molecule has 1 saturated heterocycles. The zero-order valence-electron chi connectivity index (χ0n) is 14.4. The molecule has 136 valence electrons. The molecule has 4 nitrogen and oxygen atoms in total. The van der Waals surface area contributed by atoms with E-state index in [0.29, 0.717) is 6.42 Å². The van der Waals surface area contributed by atoms with Crippen molar-refractivity contribution in [3.05, 3.63) is 59.7 Å². The maximum absolute atomic E-state index is 12.4. The van der Waals surface area contributed by atoms with Gasteiger partial charge in [-0.15, -0.1) is 24.8 Å². The second-order valence-corrected chi connectivity index (χ2v) is 6.07. The van der Waals surface area contributed by atoms with Gasteiger partial charge in [0.15, 0.2) is 0 Å². The lowest BCUT2D eigenvalue weighted by Gasteiger charge is -2.37. The number of nitrogens with zero attached hydrogens (tertiary/aromatic N) is 2. The lowest BCUT2D eigenvalue weighted by molar-refractivity contribution is -0.130. The van der Waals surface area contributed by atoms with Gasteiger partial charge in [-0.2, -0.15) is 0 Å². The molecule has 1 aliphatic heterocycles. The van der Waals surface area contributed by atoms with Crippen LogP contribution in [0.25, 0.3) is 0 Å². The highest BCUT2D eigenvalue weighted by atomic mass is 35.5. The Hall–Kier alpha value is -1.91. The molecule has 0 saturated carbocycles. The molecule has 2 N–H and O–H groups in total. The number of carbonyl (C=O) groups is 1. The molecular weight excluding hydrogens is 357 g/mol. The van der Waals surface area contributed by atoms with Crippen LogP contribution in [0.2, 0.25) is 0 Å². The zero-order valence-corrected chi connectivity index (χ0v) is 16.0. The molecule has 0 aliphatic carbocycles. The molecule has 1 aliphatic rings. The summed E-state index contributed by atoms with van der Waals surface area (Å²) in [4.78, 5) is 16.8. The molecule has 0 radical (unpaired) electrons. The highest BCUT2D eigenvalue weighted by Crippen LogP contribution is 2.21. The van der Waals surface area contributed by atoms with Crippen LogP contribution in [0.5, 0.6) is 0 Å². The van der Waals surface area contributed by atoms with Crippen molar-refractivity contribution in [1.29, 1.82) is 0 Å². The molecular formula is C19H25Cl2N3O. The van der Waals surface area contributed by atoms with Crippen LogP contribution in [0, 0.1) is 6.92 Å². The average Bonchev–Trinajstić information content (AvgIpc) is 2.57. The van der Waals surface area contributed by atoms with Gasteiger partial charge in [-0.05, 0) is 36.2 Å². The molecule has 2 aromatic carbocycles. The maximum atomic E-state index is 12.4. The normalized spacial score (nSPS) is 13.6. The molecule has 1 heterocycles. The summed E-state index contributed by atoms with van der Waals surface area (Å²) in [6.45, 7) is 5.47. The summed E-state index contributed by atoms with van der Waals surface area (Å²) in [5.41, 5.74) is 9.99. The van der Waals surface area contributed by atoms with Crippen LogP contribution in [-0.2, 0) is 11.2 Å². The number of anilines is 2. The van der Waals surface area contributed by atoms with Crippen LogP contribution in [0.15, 0.2) is 48.5 Å². The quantitative estimate of drug-likeness (QED) is 0.829. The van der Waals surface area contributed by atoms with Gasteiger partial charge in [0.1, 0.15) is 0 Å². The monoisotopic (exact) mass is 381 g/mol. The molecule has 0 aromatic heterocycles. The molecule has 0 bridgehead atoms. The largest absolute Gasteiger partial charge is 0.399 e. The van der Waals surface area contributed by atoms with Gasteiger partial charge in [0.2, 0.25) is 5.91 Å². The van der Waals surface area contributed by atoms with Crippen LogP contribution in [0.1, 0.15) is 11.1 Å².